The van der Waals surface area contributed by atoms with Crippen molar-refractivity contribution in [1.29, 1.82) is 0 Å². The van der Waals surface area contributed by atoms with E-state index in [1.165, 1.54) is 5.56 Å². The Morgan fingerprint density at radius 1 is 0.952 bits per heavy atom. The van der Waals surface area contributed by atoms with Crippen molar-refractivity contribution < 1.29 is 9.84 Å². The van der Waals surface area contributed by atoms with Crippen molar-refractivity contribution in [3.8, 4) is 11.5 Å². The Morgan fingerprint density at radius 2 is 1.48 bits per heavy atom. The Labute approximate surface area is 131 Å². The lowest BCUT2D eigenvalue weighted by Gasteiger charge is -2.26. The summed E-state index contributed by atoms with van der Waals surface area (Å²) in [5.41, 5.74) is 2.25. The van der Waals surface area contributed by atoms with Gasteiger partial charge in [-0.15, -0.1) is 11.6 Å². The van der Waals surface area contributed by atoms with Gasteiger partial charge in [-0.3, -0.25) is 0 Å². The molecule has 0 amide bonds. The van der Waals surface area contributed by atoms with Crippen molar-refractivity contribution in [2.75, 3.05) is 12.5 Å². The number of aromatic hydroxyl groups is 1. The fourth-order valence-corrected chi connectivity index (χ4v) is 2.37. The Bertz CT molecular complexity index is 559. The summed E-state index contributed by atoms with van der Waals surface area (Å²) in [6, 6.07) is 15.5. The Hall–Kier alpha value is -1.67. The summed E-state index contributed by atoms with van der Waals surface area (Å²) >= 11 is 5.63. The van der Waals surface area contributed by atoms with E-state index < -0.39 is 0 Å². The second kappa shape index (κ2) is 6.86. The molecular formula is C18H21ClO2. The van der Waals surface area contributed by atoms with Gasteiger partial charge in [-0.1, -0.05) is 38.1 Å². The minimum atomic E-state index is -0.123. The molecule has 0 fully saturated rings. The lowest BCUT2D eigenvalue weighted by atomic mass is 9.78. The zero-order valence-electron chi connectivity index (χ0n) is 12.5. The van der Waals surface area contributed by atoms with E-state index in [0.29, 0.717) is 12.5 Å². The Kier molecular flexibility index (Phi) is 5.13. The van der Waals surface area contributed by atoms with Crippen molar-refractivity contribution in [3.63, 3.8) is 0 Å². The van der Waals surface area contributed by atoms with Crippen molar-refractivity contribution in [2.24, 2.45) is 0 Å². The van der Waals surface area contributed by atoms with Gasteiger partial charge in [0.1, 0.15) is 11.5 Å². The van der Waals surface area contributed by atoms with Crippen LogP contribution in [0.5, 0.6) is 11.5 Å². The van der Waals surface area contributed by atoms with E-state index in [0.717, 1.165) is 17.7 Å². The first-order valence-electron chi connectivity index (χ1n) is 7.13. The molecule has 0 saturated carbocycles. The third-order valence-corrected chi connectivity index (χ3v) is 3.98. The van der Waals surface area contributed by atoms with Gasteiger partial charge in [-0.05, 0) is 41.8 Å². The number of halogens is 1. The molecule has 2 aromatic carbocycles. The number of hydrogen-bond donors (Lipinski definition) is 1. The van der Waals surface area contributed by atoms with Gasteiger partial charge in [0.05, 0.1) is 6.61 Å². The molecule has 0 saturated heterocycles. The summed E-state index contributed by atoms with van der Waals surface area (Å²) < 4.78 is 5.62. The molecule has 0 bridgehead atoms. The fourth-order valence-electron chi connectivity index (χ4n) is 2.26. The summed E-state index contributed by atoms with van der Waals surface area (Å²) in [5, 5.41) is 9.41. The number of rotatable bonds is 6. The SMILES string of the molecule is CC(C)(c1ccc(O)cc1)c1ccc(OCCCCl)cc1. The fraction of sp³-hybridized carbons (Fsp3) is 0.333. The molecule has 2 rings (SSSR count). The highest BCUT2D eigenvalue weighted by Crippen LogP contribution is 2.33. The molecule has 0 aliphatic carbocycles. The molecule has 112 valence electrons. The maximum atomic E-state index is 9.41. The normalized spacial score (nSPS) is 11.4. The number of ether oxygens (including phenoxy) is 1. The predicted molar refractivity (Wildman–Crippen MR) is 87.5 cm³/mol. The van der Waals surface area contributed by atoms with Gasteiger partial charge < -0.3 is 9.84 Å². The number of phenols is 1. The molecular weight excluding hydrogens is 284 g/mol. The largest absolute Gasteiger partial charge is 0.508 e. The van der Waals surface area contributed by atoms with Gasteiger partial charge in [0.15, 0.2) is 0 Å². The molecule has 0 aromatic heterocycles. The first-order valence-corrected chi connectivity index (χ1v) is 7.66. The smallest absolute Gasteiger partial charge is 0.119 e. The van der Waals surface area contributed by atoms with Gasteiger partial charge in [0.2, 0.25) is 0 Å². The van der Waals surface area contributed by atoms with Crippen LogP contribution >= 0.6 is 11.6 Å². The molecule has 0 radical (unpaired) electrons. The van der Waals surface area contributed by atoms with Crippen molar-refractivity contribution >= 4 is 11.6 Å². The summed E-state index contributed by atoms with van der Waals surface area (Å²) in [6.45, 7) is 4.98. The van der Waals surface area contributed by atoms with E-state index in [-0.39, 0.29) is 11.2 Å². The predicted octanol–water partition coefficient (Wildman–Crippen LogP) is 4.73. The van der Waals surface area contributed by atoms with Gasteiger partial charge in [-0.2, -0.15) is 0 Å². The van der Waals surface area contributed by atoms with Gasteiger partial charge in [0.25, 0.3) is 0 Å². The van der Waals surface area contributed by atoms with Crippen LogP contribution in [0.15, 0.2) is 48.5 Å². The molecule has 2 nitrogen and oxygen atoms in total. The lowest BCUT2D eigenvalue weighted by molar-refractivity contribution is 0.318. The minimum Gasteiger partial charge on any atom is -0.508 e. The van der Waals surface area contributed by atoms with Crippen LogP contribution in [-0.2, 0) is 5.41 Å². The molecule has 2 aromatic rings. The summed E-state index contributed by atoms with van der Waals surface area (Å²) in [5.74, 6) is 1.77. The monoisotopic (exact) mass is 304 g/mol. The van der Waals surface area contributed by atoms with Crippen molar-refractivity contribution in [2.45, 2.75) is 25.7 Å². The van der Waals surface area contributed by atoms with Crippen molar-refractivity contribution in [1.82, 2.24) is 0 Å². The molecule has 3 heteroatoms. The molecule has 0 unspecified atom stereocenters. The van der Waals surface area contributed by atoms with Crippen LogP contribution in [0.3, 0.4) is 0 Å². The third-order valence-electron chi connectivity index (χ3n) is 3.71. The quantitative estimate of drug-likeness (QED) is 0.618. The molecule has 1 N–H and O–H groups in total. The van der Waals surface area contributed by atoms with Crippen molar-refractivity contribution in [3.05, 3.63) is 59.7 Å². The zero-order chi connectivity index (χ0) is 15.3. The highest BCUT2D eigenvalue weighted by atomic mass is 35.5. The van der Waals surface area contributed by atoms with Crippen LogP contribution in [0.2, 0.25) is 0 Å². The second-order valence-corrected chi connectivity index (χ2v) is 5.97. The number of phenolic OH excluding ortho intramolecular Hbond substituents is 1. The summed E-state index contributed by atoms with van der Waals surface area (Å²) in [7, 11) is 0. The van der Waals surface area contributed by atoms with Crippen LogP contribution in [0.25, 0.3) is 0 Å². The summed E-state index contributed by atoms with van der Waals surface area (Å²) in [4.78, 5) is 0. The molecule has 0 heterocycles. The molecule has 0 spiro atoms. The molecule has 0 aliphatic rings. The average Bonchev–Trinajstić information content (AvgIpc) is 2.48. The van der Waals surface area contributed by atoms with Crippen LogP contribution in [0.1, 0.15) is 31.4 Å². The Balaban J connectivity index is 2.14. The maximum absolute atomic E-state index is 9.41. The van der Waals surface area contributed by atoms with E-state index in [1.807, 2.05) is 24.3 Å². The van der Waals surface area contributed by atoms with E-state index in [1.54, 1.807) is 12.1 Å². The van der Waals surface area contributed by atoms with E-state index in [4.69, 9.17) is 16.3 Å². The van der Waals surface area contributed by atoms with Crippen LogP contribution in [0, 0.1) is 0 Å². The van der Waals surface area contributed by atoms with Crippen LogP contribution < -0.4 is 4.74 Å². The molecule has 0 aliphatic heterocycles. The topological polar surface area (TPSA) is 29.5 Å². The average molecular weight is 305 g/mol. The number of hydrogen-bond acceptors (Lipinski definition) is 2. The van der Waals surface area contributed by atoms with Crippen LogP contribution in [-0.4, -0.2) is 17.6 Å². The molecule has 21 heavy (non-hydrogen) atoms. The standard InChI is InChI=1S/C18H21ClO2/c1-18(2,14-4-8-16(20)9-5-14)15-6-10-17(11-7-15)21-13-3-12-19/h4-11,20H,3,12-13H2,1-2H3. The number of alkyl halides is 1. The number of benzene rings is 2. The first kappa shape index (κ1) is 15.7. The minimum absolute atomic E-state index is 0.123. The van der Waals surface area contributed by atoms with Gasteiger partial charge >= 0.3 is 0 Å². The Morgan fingerprint density at radius 3 is 2.00 bits per heavy atom. The summed E-state index contributed by atoms with van der Waals surface area (Å²) in [6.07, 6.45) is 0.850. The lowest BCUT2D eigenvalue weighted by Crippen LogP contribution is -2.18. The van der Waals surface area contributed by atoms with Crippen LogP contribution in [0.4, 0.5) is 0 Å². The second-order valence-electron chi connectivity index (χ2n) is 5.59. The first-order chi connectivity index (χ1) is 10.0. The van der Waals surface area contributed by atoms with E-state index in [9.17, 15) is 5.11 Å². The maximum Gasteiger partial charge on any atom is 0.119 e. The van der Waals surface area contributed by atoms with E-state index >= 15 is 0 Å². The highest BCUT2D eigenvalue weighted by molar-refractivity contribution is 6.17. The molecule has 0 atom stereocenters. The van der Waals surface area contributed by atoms with Gasteiger partial charge in [0, 0.05) is 11.3 Å². The zero-order valence-corrected chi connectivity index (χ0v) is 13.2. The van der Waals surface area contributed by atoms with E-state index in [2.05, 4.69) is 26.0 Å². The van der Waals surface area contributed by atoms with Gasteiger partial charge in [-0.25, -0.2) is 0 Å². The third kappa shape index (κ3) is 3.92. The highest BCUT2D eigenvalue weighted by Gasteiger charge is 2.22.